The molecule has 0 spiro atoms. The zero-order chi connectivity index (χ0) is 18.1. The fraction of sp³-hybridized carbons (Fsp3) is 0. The van der Waals surface area contributed by atoms with Crippen LogP contribution in [0.2, 0.25) is 0 Å². The number of benzene rings is 3. The molecular formula is C20H14N2O4. The molecule has 128 valence electrons. The SMILES string of the molecule is O=C(NO)c1ccc2oc(-c3ccc(-c4ccccc4O)cc3)nc2c1. The third kappa shape index (κ3) is 2.78. The van der Waals surface area contributed by atoms with E-state index in [9.17, 15) is 9.90 Å². The summed E-state index contributed by atoms with van der Waals surface area (Å²) in [6, 6.07) is 19.3. The van der Waals surface area contributed by atoms with Crippen LogP contribution in [0.1, 0.15) is 10.4 Å². The Kier molecular flexibility index (Phi) is 3.87. The fourth-order valence-corrected chi connectivity index (χ4v) is 2.77. The minimum Gasteiger partial charge on any atom is -0.507 e. The summed E-state index contributed by atoms with van der Waals surface area (Å²) in [5, 5.41) is 18.7. The van der Waals surface area contributed by atoms with Gasteiger partial charge in [-0.15, -0.1) is 0 Å². The van der Waals surface area contributed by atoms with Crippen LogP contribution < -0.4 is 5.48 Å². The van der Waals surface area contributed by atoms with E-state index in [4.69, 9.17) is 9.62 Å². The summed E-state index contributed by atoms with van der Waals surface area (Å²) in [7, 11) is 0. The summed E-state index contributed by atoms with van der Waals surface area (Å²) >= 11 is 0. The minimum absolute atomic E-state index is 0.219. The Morgan fingerprint density at radius 1 is 0.962 bits per heavy atom. The molecule has 1 aromatic heterocycles. The number of aromatic nitrogens is 1. The normalized spacial score (nSPS) is 10.8. The van der Waals surface area contributed by atoms with Crippen molar-refractivity contribution >= 4 is 17.0 Å². The highest BCUT2D eigenvalue weighted by Gasteiger charge is 2.12. The molecule has 0 bridgehead atoms. The van der Waals surface area contributed by atoms with Crippen molar-refractivity contribution in [1.29, 1.82) is 0 Å². The molecule has 6 nitrogen and oxygen atoms in total. The summed E-state index contributed by atoms with van der Waals surface area (Å²) < 4.78 is 5.74. The molecule has 1 heterocycles. The highest BCUT2D eigenvalue weighted by molar-refractivity contribution is 5.96. The Morgan fingerprint density at radius 2 is 1.69 bits per heavy atom. The number of phenolic OH excluding ortho intramolecular Hbond substituents is 1. The number of carbonyl (C=O) groups is 1. The van der Waals surface area contributed by atoms with Gasteiger partial charge in [0.15, 0.2) is 5.58 Å². The maximum atomic E-state index is 11.5. The smallest absolute Gasteiger partial charge is 0.274 e. The Balaban J connectivity index is 1.69. The van der Waals surface area contributed by atoms with E-state index in [-0.39, 0.29) is 11.3 Å². The van der Waals surface area contributed by atoms with E-state index in [1.165, 1.54) is 0 Å². The number of aromatic hydroxyl groups is 1. The zero-order valence-corrected chi connectivity index (χ0v) is 13.5. The summed E-state index contributed by atoms with van der Waals surface area (Å²) in [4.78, 5) is 15.9. The number of hydrogen-bond acceptors (Lipinski definition) is 5. The van der Waals surface area contributed by atoms with Gasteiger partial charge in [0.05, 0.1) is 0 Å². The summed E-state index contributed by atoms with van der Waals surface area (Å²) in [6.07, 6.45) is 0. The molecule has 0 aliphatic rings. The summed E-state index contributed by atoms with van der Waals surface area (Å²) in [5.41, 5.74) is 5.34. The summed E-state index contributed by atoms with van der Waals surface area (Å²) in [5.74, 6) is 0.0330. The second-order valence-electron chi connectivity index (χ2n) is 5.74. The first kappa shape index (κ1) is 15.9. The lowest BCUT2D eigenvalue weighted by Gasteiger charge is -2.04. The Hall–Kier alpha value is -3.64. The van der Waals surface area contributed by atoms with Crippen LogP contribution in [0.15, 0.2) is 71.1 Å². The quantitative estimate of drug-likeness (QED) is 0.385. The van der Waals surface area contributed by atoms with E-state index >= 15 is 0 Å². The first-order valence-electron chi connectivity index (χ1n) is 7.89. The van der Waals surface area contributed by atoms with Gasteiger partial charge in [-0.2, -0.15) is 0 Å². The average molecular weight is 346 g/mol. The van der Waals surface area contributed by atoms with Gasteiger partial charge in [0.1, 0.15) is 11.3 Å². The lowest BCUT2D eigenvalue weighted by atomic mass is 10.0. The van der Waals surface area contributed by atoms with Crippen LogP contribution in [0.5, 0.6) is 5.75 Å². The average Bonchev–Trinajstić information content (AvgIpc) is 3.11. The van der Waals surface area contributed by atoms with Crippen LogP contribution in [0, 0.1) is 0 Å². The Bertz CT molecular complexity index is 1100. The van der Waals surface area contributed by atoms with Gasteiger partial charge >= 0.3 is 0 Å². The topological polar surface area (TPSA) is 95.6 Å². The number of hydroxylamine groups is 1. The number of nitrogens with zero attached hydrogens (tertiary/aromatic N) is 1. The third-order valence-corrected chi connectivity index (χ3v) is 4.10. The van der Waals surface area contributed by atoms with Gasteiger partial charge in [0, 0.05) is 16.7 Å². The monoisotopic (exact) mass is 346 g/mol. The van der Waals surface area contributed by atoms with E-state index in [2.05, 4.69) is 4.98 Å². The van der Waals surface area contributed by atoms with Crippen LogP contribution in [0.4, 0.5) is 0 Å². The predicted octanol–water partition coefficient (Wildman–Crippen LogP) is 3.99. The molecule has 0 saturated carbocycles. The van der Waals surface area contributed by atoms with Crippen molar-refractivity contribution in [3.63, 3.8) is 0 Å². The van der Waals surface area contributed by atoms with Crippen molar-refractivity contribution in [3.05, 3.63) is 72.3 Å². The Labute approximate surface area is 148 Å². The highest BCUT2D eigenvalue weighted by Crippen LogP contribution is 2.31. The number of rotatable bonds is 3. The maximum Gasteiger partial charge on any atom is 0.274 e. The predicted molar refractivity (Wildman–Crippen MR) is 95.8 cm³/mol. The van der Waals surface area contributed by atoms with E-state index in [1.54, 1.807) is 35.8 Å². The van der Waals surface area contributed by atoms with Crippen LogP contribution in [-0.2, 0) is 0 Å². The van der Waals surface area contributed by atoms with Crippen molar-refractivity contribution < 1.29 is 19.5 Å². The molecule has 4 rings (SSSR count). The second-order valence-corrected chi connectivity index (χ2v) is 5.74. The molecule has 0 atom stereocenters. The van der Waals surface area contributed by atoms with E-state index in [1.807, 2.05) is 36.4 Å². The highest BCUT2D eigenvalue weighted by atomic mass is 16.5. The molecule has 26 heavy (non-hydrogen) atoms. The van der Waals surface area contributed by atoms with Crippen LogP contribution in [-0.4, -0.2) is 21.2 Å². The molecular weight excluding hydrogens is 332 g/mol. The first-order chi connectivity index (χ1) is 12.7. The van der Waals surface area contributed by atoms with Crippen molar-refractivity contribution in [2.24, 2.45) is 0 Å². The van der Waals surface area contributed by atoms with Crippen molar-refractivity contribution in [3.8, 4) is 28.3 Å². The standard InChI is InChI=1S/C20H14N2O4/c23-17-4-2-1-3-15(17)12-5-7-13(8-6-12)20-21-16-11-14(19(24)22-25)9-10-18(16)26-20/h1-11,23,25H,(H,22,24). The molecule has 1 amide bonds. The van der Waals surface area contributed by atoms with E-state index < -0.39 is 5.91 Å². The molecule has 3 N–H and O–H groups in total. The van der Waals surface area contributed by atoms with Gasteiger partial charge < -0.3 is 9.52 Å². The fourth-order valence-electron chi connectivity index (χ4n) is 2.77. The number of amides is 1. The van der Waals surface area contributed by atoms with Gasteiger partial charge in [-0.3, -0.25) is 10.0 Å². The molecule has 0 aliphatic heterocycles. The molecule has 0 unspecified atom stereocenters. The number of para-hydroxylation sites is 1. The van der Waals surface area contributed by atoms with E-state index in [0.717, 1.165) is 16.7 Å². The van der Waals surface area contributed by atoms with Crippen molar-refractivity contribution in [2.45, 2.75) is 0 Å². The maximum absolute atomic E-state index is 11.5. The largest absolute Gasteiger partial charge is 0.507 e. The molecule has 6 heteroatoms. The molecule has 3 aromatic carbocycles. The molecule has 0 saturated heterocycles. The van der Waals surface area contributed by atoms with Gasteiger partial charge in [0.2, 0.25) is 5.89 Å². The van der Waals surface area contributed by atoms with Crippen molar-refractivity contribution in [2.75, 3.05) is 0 Å². The lowest BCUT2D eigenvalue weighted by molar-refractivity contribution is 0.0706. The van der Waals surface area contributed by atoms with Gasteiger partial charge in [-0.25, -0.2) is 10.5 Å². The molecule has 4 aromatic rings. The van der Waals surface area contributed by atoms with Gasteiger partial charge in [0.25, 0.3) is 5.91 Å². The van der Waals surface area contributed by atoms with Gasteiger partial charge in [-0.05, 0) is 42.0 Å². The lowest BCUT2D eigenvalue weighted by Crippen LogP contribution is -2.18. The zero-order valence-electron chi connectivity index (χ0n) is 13.5. The third-order valence-electron chi connectivity index (χ3n) is 4.10. The number of hydrogen-bond donors (Lipinski definition) is 3. The second kappa shape index (κ2) is 6.34. The number of oxazole rings is 1. The van der Waals surface area contributed by atoms with Gasteiger partial charge in [-0.1, -0.05) is 30.3 Å². The molecule has 0 fully saturated rings. The number of phenols is 1. The molecule has 0 aliphatic carbocycles. The number of nitrogens with one attached hydrogen (secondary N) is 1. The van der Waals surface area contributed by atoms with Crippen LogP contribution in [0.25, 0.3) is 33.7 Å². The van der Waals surface area contributed by atoms with E-state index in [0.29, 0.717) is 17.0 Å². The van der Waals surface area contributed by atoms with Crippen LogP contribution in [0.3, 0.4) is 0 Å². The minimum atomic E-state index is -0.608. The number of fused-ring (bicyclic) bond motifs is 1. The summed E-state index contributed by atoms with van der Waals surface area (Å²) in [6.45, 7) is 0. The Morgan fingerprint density at radius 3 is 2.42 bits per heavy atom. The molecule has 0 radical (unpaired) electrons. The number of carbonyl (C=O) groups excluding carboxylic acids is 1. The van der Waals surface area contributed by atoms with Crippen molar-refractivity contribution in [1.82, 2.24) is 10.5 Å². The van der Waals surface area contributed by atoms with Crippen LogP contribution >= 0.6 is 0 Å². The first-order valence-corrected chi connectivity index (χ1v) is 7.89.